The van der Waals surface area contributed by atoms with Crippen LogP contribution in [-0.4, -0.2) is 20.9 Å². The lowest BCUT2D eigenvalue weighted by Gasteiger charge is -2.07. The maximum Gasteiger partial charge on any atom is 0.262 e. The van der Waals surface area contributed by atoms with Gasteiger partial charge in [-0.2, -0.15) is 0 Å². The van der Waals surface area contributed by atoms with Crippen molar-refractivity contribution in [3.8, 4) is 21.7 Å². The smallest absolute Gasteiger partial charge is 0.262 e. The lowest BCUT2D eigenvalue weighted by atomic mass is 10.1. The maximum atomic E-state index is 13.8. The van der Waals surface area contributed by atoms with Crippen molar-refractivity contribution in [2.75, 3.05) is 5.32 Å². The van der Waals surface area contributed by atoms with Crippen LogP contribution >= 0.6 is 11.3 Å². The Morgan fingerprint density at radius 1 is 1.06 bits per heavy atom. The molecule has 1 aromatic carbocycles. The molecule has 154 valence electrons. The molecule has 0 fully saturated rings. The second-order valence-electron chi connectivity index (χ2n) is 6.71. The number of carbonyl (C=O) groups excluding carboxylic acids is 1. The summed E-state index contributed by atoms with van der Waals surface area (Å²) in [6.07, 6.45) is 6.33. The van der Waals surface area contributed by atoms with Crippen LogP contribution in [0.5, 0.6) is 0 Å². The minimum Gasteiger partial charge on any atom is -0.305 e. The van der Waals surface area contributed by atoms with Crippen LogP contribution in [0.1, 0.15) is 22.2 Å². The van der Waals surface area contributed by atoms with Crippen LogP contribution in [0.2, 0.25) is 0 Å². The van der Waals surface area contributed by atoms with E-state index in [0.29, 0.717) is 5.69 Å². The van der Waals surface area contributed by atoms with E-state index in [-0.39, 0.29) is 5.82 Å². The van der Waals surface area contributed by atoms with Crippen LogP contribution in [0.4, 0.5) is 14.6 Å². The quantitative estimate of drug-likeness (QED) is 0.429. The molecular formula is C23H16F2N4OS. The van der Waals surface area contributed by atoms with Gasteiger partial charge in [-0.25, -0.2) is 13.8 Å². The van der Waals surface area contributed by atoms with E-state index in [1.807, 2.05) is 25.1 Å². The van der Waals surface area contributed by atoms with Crippen molar-refractivity contribution in [2.45, 2.75) is 6.92 Å². The SMILES string of the molecule is C=C(C)c1sc(-c2cccnc2)cc1-c1cnc(NC(=O)c2c(F)cccc2F)cn1. The fourth-order valence-electron chi connectivity index (χ4n) is 2.97. The zero-order valence-corrected chi connectivity index (χ0v) is 17.2. The Balaban J connectivity index is 1.62. The Bertz CT molecular complexity index is 1250. The van der Waals surface area contributed by atoms with Gasteiger partial charge in [0.2, 0.25) is 0 Å². The zero-order chi connectivity index (χ0) is 22.0. The fourth-order valence-corrected chi connectivity index (χ4v) is 4.06. The Morgan fingerprint density at radius 2 is 1.84 bits per heavy atom. The Hall–Kier alpha value is -3.78. The van der Waals surface area contributed by atoms with Crippen molar-refractivity contribution in [1.29, 1.82) is 0 Å². The summed E-state index contributed by atoms with van der Waals surface area (Å²) in [4.78, 5) is 26.9. The molecule has 5 nitrogen and oxygen atoms in total. The van der Waals surface area contributed by atoms with Gasteiger partial charge in [-0.05, 0) is 36.8 Å². The molecule has 0 spiro atoms. The van der Waals surface area contributed by atoms with E-state index >= 15 is 0 Å². The number of anilines is 1. The lowest BCUT2D eigenvalue weighted by Crippen LogP contribution is -2.16. The topological polar surface area (TPSA) is 67.8 Å². The van der Waals surface area contributed by atoms with Gasteiger partial charge >= 0.3 is 0 Å². The normalized spacial score (nSPS) is 10.7. The minimum absolute atomic E-state index is 0.0796. The molecule has 3 aromatic heterocycles. The zero-order valence-electron chi connectivity index (χ0n) is 16.4. The monoisotopic (exact) mass is 434 g/mol. The summed E-state index contributed by atoms with van der Waals surface area (Å²) in [5.74, 6) is -2.76. The number of rotatable bonds is 5. The maximum absolute atomic E-state index is 13.8. The lowest BCUT2D eigenvalue weighted by molar-refractivity contribution is 0.101. The fraction of sp³-hybridized carbons (Fsp3) is 0.0435. The number of thiophene rings is 1. The number of amides is 1. The number of halogens is 2. The standard InChI is InChI=1S/C23H16F2N4OS/c1-13(2)22-15(9-19(31-22)14-5-4-8-26-10-14)18-11-28-20(12-27-18)29-23(30)21-16(24)6-3-7-17(21)25/h3-12H,1H2,2H3,(H,28,29,30). The van der Waals surface area contributed by atoms with Gasteiger partial charge in [-0.3, -0.25) is 14.8 Å². The Morgan fingerprint density at radius 3 is 2.45 bits per heavy atom. The highest BCUT2D eigenvalue weighted by Gasteiger charge is 2.18. The van der Waals surface area contributed by atoms with Gasteiger partial charge in [0.05, 0.1) is 18.1 Å². The van der Waals surface area contributed by atoms with Crippen LogP contribution < -0.4 is 5.32 Å². The molecule has 0 aliphatic rings. The van der Waals surface area contributed by atoms with Crippen molar-refractivity contribution in [3.63, 3.8) is 0 Å². The molecule has 4 rings (SSSR count). The second kappa shape index (κ2) is 8.53. The van der Waals surface area contributed by atoms with Crippen molar-refractivity contribution < 1.29 is 13.6 Å². The third-order valence-corrected chi connectivity index (χ3v) is 5.77. The van der Waals surface area contributed by atoms with Gasteiger partial charge in [-0.15, -0.1) is 11.3 Å². The van der Waals surface area contributed by atoms with Crippen molar-refractivity contribution >= 4 is 28.6 Å². The molecule has 31 heavy (non-hydrogen) atoms. The van der Waals surface area contributed by atoms with Gasteiger partial charge in [0.1, 0.15) is 17.2 Å². The van der Waals surface area contributed by atoms with Gasteiger partial charge in [0, 0.05) is 33.3 Å². The van der Waals surface area contributed by atoms with Gasteiger partial charge < -0.3 is 5.32 Å². The molecule has 8 heteroatoms. The molecule has 1 amide bonds. The first kappa shape index (κ1) is 20.5. The summed E-state index contributed by atoms with van der Waals surface area (Å²) >= 11 is 1.57. The number of hydrogen-bond acceptors (Lipinski definition) is 5. The van der Waals surface area contributed by atoms with E-state index < -0.39 is 23.1 Å². The van der Waals surface area contributed by atoms with Crippen LogP contribution in [-0.2, 0) is 0 Å². The van der Waals surface area contributed by atoms with Crippen molar-refractivity contribution in [2.24, 2.45) is 0 Å². The summed E-state index contributed by atoms with van der Waals surface area (Å²) in [6.45, 7) is 5.95. The van der Waals surface area contributed by atoms with Crippen molar-refractivity contribution in [3.05, 3.63) is 89.8 Å². The first-order chi connectivity index (χ1) is 14.9. The summed E-state index contributed by atoms with van der Waals surface area (Å²) < 4.78 is 27.6. The summed E-state index contributed by atoms with van der Waals surface area (Å²) in [5, 5.41) is 2.37. The predicted molar refractivity (Wildman–Crippen MR) is 118 cm³/mol. The van der Waals surface area contributed by atoms with Crippen LogP contribution in [0.15, 0.2) is 67.8 Å². The number of carbonyl (C=O) groups is 1. The third kappa shape index (κ3) is 4.24. The molecule has 1 N–H and O–H groups in total. The Kier molecular flexibility index (Phi) is 5.64. The number of pyridine rings is 1. The van der Waals surface area contributed by atoms with E-state index in [9.17, 15) is 13.6 Å². The number of hydrogen-bond donors (Lipinski definition) is 1. The van der Waals surface area contributed by atoms with Gasteiger partial charge in [0.15, 0.2) is 5.82 Å². The Labute approximate surface area is 181 Å². The van der Waals surface area contributed by atoms with E-state index in [0.717, 1.165) is 38.6 Å². The van der Waals surface area contributed by atoms with Crippen LogP contribution in [0.3, 0.4) is 0 Å². The van der Waals surface area contributed by atoms with Gasteiger partial charge in [0.25, 0.3) is 5.91 Å². The number of benzene rings is 1. The summed E-state index contributed by atoms with van der Waals surface area (Å²) in [6, 6.07) is 9.05. The largest absolute Gasteiger partial charge is 0.305 e. The summed E-state index contributed by atoms with van der Waals surface area (Å²) in [5.41, 5.74) is 2.62. The van der Waals surface area contributed by atoms with Crippen LogP contribution in [0.25, 0.3) is 27.3 Å². The number of aromatic nitrogens is 3. The number of nitrogens with one attached hydrogen (secondary N) is 1. The molecule has 3 heterocycles. The average Bonchev–Trinajstić information content (AvgIpc) is 3.21. The van der Waals surface area contributed by atoms with E-state index in [1.54, 1.807) is 23.7 Å². The molecule has 0 unspecified atom stereocenters. The first-order valence-corrected chi connectivity index (χ1v) is 10.0. The first-order valence-electron chi connectivity index (χ1n) is 9.22. The molecule has 0 aliphatic heterocycles. The highest BCUT2D eigenvalue weighted by molar-refractivity contribution is 7.17. The molecule has 0 atom stereocenters. The van der Waals surface area contributed by atoms with Crippen molar-refractivity contribution in [1.82, 2.24) is 15.0 Å². The highest BCUT2D eigenvalue weighted by Crippen LogP contribution is 2.39. The molecule has 0 radical (unpaired) electrons. The molecule has 0 saturated heterocycles. The second-order valence-corrected chi connectivity index (χ2v) is 7.77. The molecule has 0 aliphatic carbocycles. The average molecular weight is 434 g/mol. The van der Waals surface area contributed by atoms with Gasteiger partial charge in [-0.1, -0.05) is 18.7 Å². The molecular weight excluding hydrogens is 418 g/mol. The molecule has 0 bridgehead atoms. The van der Waals surface area contributed by atoms with E-state index in [4.69, 9.17) is 0 Å². The highest BCUT2D eigenvalue weighted by atomic mass is 32.1. The summed E-state index contributed by atoms with van der Waals surface area (Å²) in [7, 11) is 0. The number of allylic oxidation sites excluding steroid dienone is 1. The number of nitrogens with zero attached hydrogens (tertiary/aromatic N) is 3. The van der Waals surface area contributed by atoms with Crippen LogP contribution in [0, 0.1) is 11.6 Å². The molecule has 0 saturated carbocycles. The molecule has 4 aromatic rings. The van der Waals surface area contributed by atoms with E-state index in [1.165, 1.54) is 18.5 Å². The third-order valence-electron chi connectivity index (χ3n) is 4.42. The predicted octanol–water partition coefficient (Wildman–Crippen LogP) is 5.83. The van der Waals surface area contributed by atoms with E-state index in [2.05, 4.69) is 26.8 Å². The minimum atomic E-state index is -0.950.